The highest BCUT2D eigenvalue weighted by atomic mass is 35.5. The first-order valence-electron chi connectivity index (χ1n) is 7.22. The summed E-state index contributed by atoms with van der Waals surface area (Å²) >= 11 is 6.11. The van der Waals surface area contributed by atoms with Crippen molar-refractivity contribution in [2.24, 2.45) is 0 Å². The van der Waals surface area contributed by atoms with Gasteiger partial charge in [-0.05, 0) is 20.4 Å². The fraction of sp³-hybridized carbons (Fsp3) is 0.714. The van der Waals surface area contributed by atoms with Crippen molar-refractivity contribution in [3.05, 3.63) is 16.4 Å². The summed E-state index contributed by atoms with van der Waals surface area (Å²) in [6.45, 7) is 11.3. The zero-order valence-corrected chi connectivity index (χ0v) is 13.3. The van der Waals surface area contributed by atoms with Gasteiger partial charge in [-0.3, -0.25) is 9.48 Å². The molecule has 5 nitrogen and oxygen atoms in total. The molecule has 0 atom stereocenters. The molecule has 1 fully saturated rings. The van der Waals surface area contributed by atoms with Gasteiger partial charge in [0.15, 0.2) is 0 Å². The molecular formula is C14H23ClN4O. The van der Waals surface area contributed by atoms with Crippen LogP contribution in [0.5, 0.6) is 0 Å². The fourth-order valence-corrected chi connectivity index (χ4v) is 2.70. The second-order valence-corrected chi connectivity index (χ2v) is 5.65. The minimum Gasteiger partial charge on any atom is -0.340 e. The Morgan fingerprint density at radius 2 is 1.90 bits per heavy atom. The molecule has 6 heteroatoms. The highest BCUT2D eigenvalue weighted by molar-refractivity contribution is 6.31. The van der Waals surface area contributed by atoms with Gasteiger partial charge < -0.3 is 9.80 Å². The van der Waals surface area contributed by atoms with Crippen molar-refractivity contribution >= 4 is 17.5 Å². The van der Waals surface area contributed by atoms with E-state index in [9.17, 15) is 4.79 Å². The van der Waals surface area contributed by atoms with Crippen LogP contribution in [0, 0.1) is 13.8 Å². The van der Waals surface area contributed by atoms with Gasteiger partial charge in [-0.15, -0.1) is 0 Å². The molecular weight excluding hydrogens is 276 g/mol. The van der Waals surface area contributed by atoms with Gasteiger partial charge in [-0.25, -0.2) is 0 Å². The number of amides is 1. The Morgan fingerprint density at radius 1 is 1.25 bits per heavy atom. The van der Waals surface area contributed by atoms with Crippen LogP contribution in [-0.2, 0) is 11.3 Å². The quantitative estimate of drug-likeness (QED) is 0.850. The number of hydrogen-bond acceptors (Lipinski definition) is 3. The van der Waals surface area contributed by atoms with E-state index in [1.54, 1.807) is 0 Å². The minimum atomic E-state index is 0.212. The van der Waals surface area contributed by atoms with E-state index in [-0.39, 0.29) is 5.91 Å². The van der Waals surface area contributed by atoms with E-state index < -0.39 is 0 Å². The number of hydrogen-bond donors (Lipinski definition) is 0. The molecule has 1 aromatic rings. The molecule has 2 heterocycles. The van der Waals surface area contributed by atoms with Gasteiger partial charge in [0.25, 0.3) is 0 Å². The van der Waals surface area contributed by atoms with Crippen LogP contribution in [0.1, 0.15) is 24.7 Å². The topological polar surface area (TPSA) is 41.4 Å². The number of aromatic nitrogens is 2. The average molecular weight is 299 g/mol. The highest BCUT2D eigenvalue weighted by Crippen LogP contribution is 2.19. The number of nitrogens with zero attached hydrogens (tertiary/aromatic N) is 4. The summed E-state index contributed by atoms with van der Waals surface area (Å²) in [5.74, 6) is 0.212. The minimum absolute atomic E-state index is 0.212. The molecule has 1 aliphatic rings. The van der Waals surface area contributed by atoms with Gasteiger partial charge in [0.1, 0.15) is 0 Å². The lowest BCUT2D eigenvalue weighted by molar-refractivity contribution is -0.133. The van der Waals surface area contributed by atoms with Crippen LogP contribution in [0.25, 0.3) is 0 Å². The van der Waals surface area contributed by atoms with E-state index in [4.69, 9.17) is 11.6 Å². The first kappa shape index (κ1) is 15.3. The molecule has 20 heavy (non-hydrogen) atoms. The Labute approximate surface area is 125 Å². The molecule has 1 aliphatic heterocycles. The Balaban J connectivity index is 1.85. The molecule has 0 spiro atoms. The normalized spacial score (nSPS) is 16.7. The number of piperazine rings is 1. The summed E-state index contributed by atoms with van der Waals surface area (Å²) in [4.78, 5) is 16.5. The number of rotatable bonds is 4. The van der Waals surface area contributed by atoms with Crippen LogP contribution < -0.4 is 0 Å². The Morgan fingerprint density at radius 3 is 2.40 bits per heavy atom. The number of carbonyl (C=O) groups excluding carboxylic acids is 1. The summed E-state index contributed by atoms with van der Waals surface area (Å²) in [5.41, 5.74) is 1.76. The molecule has 0 radical (unpaired) electrons. The zero-order valence-electron chi connectivity index (χ0n) is 12.5. The van der Waals surface area contributed by atoms with Crippen LogP contribution in [0.3, 0.4) is 0 Å². The van der Waals surface area contributed by atoms with E-state index in [1.807, 2.05) is 23.4 Å². The third kappa shape index (κ3) is 3.33. The fourth-order valence-electron chi connectivity index (χ4n) is 2.57. The first-order chi connectivity index (χ1) is 9.52. The Hall–Kier alpha value is -1.07. The highest BCUT2D eigenvalue weighted by Gasteiger charge is 2.20. The average Bonchev–Trinajstić information content (AvgIpc) is 2.72. The summed E-state index contributed by atoms with van der Waals surface area (Å²) in [5, 5.41) is 5.06. The number of likely N-dealkylation sites (N-methyl/N-ethyl adjacent to an activating group) is 1. The lowest BCUT2D eigenvalue weighted by Gasteiger charge is -2.34. The summed E-state index contributed by atoms with van der Waals surface area (Å²) in [7, 11) is 0. The predicted molar refractivity (Wildman–Crippen MR) is 80.0 cm³/mol. The summed E-state index contributed by atoms with van der Waals surface area (Å²) in [6, 6.07) is 0. The van der Waals surface area contributed by atoms with E-state index in [1.165, 1.54) is 0 Å². The Bertz CT molecular complexity index is 478. The maximum atomic E-state index is 12.2. The lowest BCUT2D eigenvalue weighted by atomic mass is 10.2. The third-order valence-corrected chi connectivity index (χ3v) is 4.55. The molecule has 2 rings (SSSR count). The molecule has 1 aromatic heterocycles. The van der Waals surface area contributed by atoms with E-state index in [0.717, 1.165) is 44.1 Å². The van der Waals surface area contributed by atoms with Crippen molar-refractivity contribution in [3.8, 4) is 0 Å². The second-order valence-electron chi connectivity index (χ2n) is 5.27. The van der Waals surface area contributed by atoms with Crippen molar-refractivity contribution in [1.29, 1.82) is 0 Å². The zero-order chi connectivity index (χ0) is 14.7. The second kappa shape index (κ2) is 6.59. The summed E-state index contributed by atoms with van der Waals surface area (Å²) < 4.78 is 1.83. The van der Waals surface area contributed by atoms with Crippen LogP contribution in [0.2, 0.25) is 5.02 Å². The Kier molecular flexibility index (Phi) is 5.05. The predicted octanol–water partition coefficient (Wildman–Crippen LogP) is 1.71. The van der Waals surface area contributed by atoms with Crippen LogP contribution in [-0.4, -0.2) is 58.2 Å². The molecule has 0 aliphatic carbocycles. The van der Waals surface area contributed by atoms with Crippen LogP contribution >= 0.6 is 11.6 Å². The van der Waals surface area contributed by atoms with Crippen molar-refractivity contribution in [2.45, 2.75) is 33.7 Å². The van der Waals surface area contributed by atoms with Crippen molar-refractivity contribution < 1.29 is 4.79 Å². The van der Waals surface area contributed by atoms with E-state index in [2.05, 4.69) is 16.9 Å². The molecule has 0 bridgehead atoms. The smallest absolute Gasteiger partial charge is 0.224 e. The van der Waals surface area contributed by atoms with Crippen LogP contribution in [0.4, 0.5) is 0 Å². The molecule has 0 N–H and O–H groups in total. The number of aryl methyl sites for hydroxylation is 2. The van der Waals surface area contributed by atoms with Crippen molar-refractivity contribution in [3.63, 3.8) is 0 Å². The SMILES string of the molecule is CCN1CCN(C(=O)CCn2nc(C)c(Cl)c2C)CC1. The van der Waals surface area contributed by atoms with Gasteiger partial charge >= 0.3 is 0 Å². The van der Waals surface area contributed by atoms with Gasteiger partial charge in [0, 0.05) is 32.6 Å². The van der Waals surface area contributed by atoms with Crippen LogP contribution in [0.15, 0.2) is 0 Å². The number of halogens is 1. The maximum Gasteiger partial charge on any atom is 0.224 e. The van der Waals surface area contributed by atoms with E-state index in [0.29, 0.717) is 18.0 Å². The largest absolute Gasteiger partial charge is 0.340 e. The molecule has 1 amide bonds. The maximum absolute atomic E-state index is 12.2. The van der Waals surface area contributed by atoms with Crippen molar-refractivity contribution in [1.82, 2.24) is 19.6 Å². The first-order valence-corrected chi connectivity index (χ1v) is 7.60. The third-order valence-electron chi connectivity index (χ3n) is 4.00. The molecule has 112 valence electrons. The van der Waals surface area contributed by atoms with Gasteiger partial charge in [-0.2, -0.15) is 5.10 Å². The molecule has 0 saturated carbocycles. The van der Waals surface area contributed by atoms with Gasteiger partial charge in [-0.1, -0.05) is 18.5 Å². The number of carbonyl (C=O) groups is 1. The van der Waals surface area contributed by atoms with Crippen molar-refractivity contribution in [2.75, 3.05) is 32.7 Å². The monoisotopic (exact) mass is 298 g/mol. The lowest BCUT2D eigenvalue weighted by Crippen LogP contribution is -2.48. The van der Waals surface area contributed by atoms with Gasteiger partial charge in [0.2, 0.25) is 5.91 Å². The summed E-state index contributed by atoms with van der Waals surface area (Å²) in [6.07, 6.45) is 0.490. The van der Waals surface area contributed by atoms with Gasteiger partial charge in [0.05, 0.1) is 23.0 Å². The molecule has 0 unspecified atom stereocenters. The molecule has 1 saturated heterocycles. The molecule has 0 aromatic carbocycles. The van der Waals surface area contributed by atoms with E-state index >= 15 is 0 Å². The standard InChI is InChI=1S/C14H23ClN4O/c1-4-17-7-9-18(10-8-17)13(20)5-6-19-12(3)14(15)11(2)16-19/h4-10H2,1-3H3.